The maximum absolute atomic E-state index is 14.6. The second kappa shape index (κ2) is 10.9. The van der Waals surface area contributed by atoms with Crippen LogP contribution in [0.1, 0.15) is 36.8 Å². The van der Waals surface area contributed by atoms with Crippen molar-refractivity contribution in [1.29, 1.82) is 0 Å². The van der Waals surface area contributed by atoms with Gasteiger partial charge in [-0.3, -0.25) is 14.3 Å². The van der Waals surface area contributed by atoms with Crippen molar-refractivity contribution in [2.45, 2.75) is 37.3 Å². The SMILES string of the molecule is COCCN1C[C@H](c2cccc(F)c2F)CC(NC(=O)N2CCC(n3c(=O)[nH]c4ncccc43)CC2)C1=O. The van der Waals surface area contributed by atoms with Crippen LogP contribution >= 0.6 is 0 Å². The summed E-state index contributed by atoms with van der Waals surface area (Å²) < 4.78 is 35.3. The lowest BCUT2D eigenvalue weighted by Gasteiger charge is -2.39. The van der Waals surface area contributed by atoms with Gasteiger partial charge in [0, 0.05) is 51.4 Å². The summed E-state index contributed by atoms with van der Waals surface area (Å²) in [5.41, 5.74) is 1.19. The molecule has 1 unspecified atom stereocenters. The molecule has 202 valence electrons. The fourth-order valence-electron chi connectivity index (χ4n) is 5.51. The number of imidazole rings is 1. The molecule has 3 aromatic rings. The van der Waals surface area contributed by atoms with Crippen LogP contribution < -0.4 is 11.0 Å². The predicted octanol–water partition coefficient (Wildman–Crippen LogP) is 2.38. The first-order chi connectivity index (χ1) is 18.4. The van der Waals surface area contributed by atoms with Gasteiger partial charge >= 0.3 is 11.7 Å². The van der Waals surface area contributed by atoms with Crippen LogP contribution in [0.4, 0.5) is 13.6 Å². The van der Waals surface area contributed by atoms with Gasteiger partial charge in [0.2, 0.25) is 5.91 Å². The number of amides is 3. The molecule has 0 radical (unpaired) electrons. The summed E-state index contributed by atoms with van der Waals surface area (Å²) in [7, 11) is 1.52. The average Bonchev–Trinajstić information content (AvgIpc) is 3.26. The molecule has 2 saturated heterocycles. The zero-order chi connectivity index (χ0) is 26.8. The molecule has 0 bridgehead atoms. The number of hydrogen-bond acceptors (Lipinski definition) is 5. The zero-order valence-electron chi connectivity index (χ0n) is 21.0. The number of rotatable bonds is 6. The molecule has 0 spiro atoms. The molecular formula is C26H30F2N6O4. The Bertz CT molecular complexity index is 1380. The number of methoxy groups -OCH3 is 1. The molecule has 38 heavy (non-hydrogen) atoms. The van der Waals surface area contributed by atoms with Crippen molar-refractivity contribution in [1.82, 2.24) is 29.7 Å². The number of piperidine rings is 2. The van der Waals surface area contributed by atoms with E-state index in [1.165, 1.54) is 24.1 Å². The van der Waals surface area contributed by atoms with Crippen molar-refractivity contribution in [3.05, 3.63) is 64.2 Å². The van der Waals surface area contributed by atoms with Crippen LogP contribution in [0.2, 0.25) is 0 Å². The summed E-state index contributed by atoms with van der Waals surface area (Å²) in [5.74, 6) is -2.65. The molecule has 3 amide bonds. The van der Waals surface area contributed by atoms with Gasteiger partial charge in [0.1, 0.15) is 6.04 Å². The van der Waals surface area contributed by atoms with Crippen LogP contribution in [0.25, 0.3) is 11.2 Å². The maximum atomic E-state index is 14.6. The number of benzene rings is 1. The number of likely N-dealkylation sites (tertiary alicyclic amines) is 2. The summed E-state index contributed by atoms with van der Waals surface area (Å²) in [4.78, 5) is 49.0. The number of halogens is 2. The fraction of sp³-hybridized carbons (Fsp3) is 0.462. The van der Waals surface area contributed by atoms with Gasteiger partial charge in [-0.15, -0.1) is 0 Å². The van der Waals surface area contributed by atoms with E-state index >= 15 is 0 Å². The molecule has 2 fully saturated rings. The number of hydrogen-bond donors (Lipinski definition) is 2. The predicted molar refractivity (Wildman–Crippen MR) is 135 cm³/mol. The number of carbonyl (C=O) groups is 2. The molecular weight excluding hydrogens is 498 g/mol. The third-order valence-electron chi connectivity index (χ3n) is 7.46. The van der Waals surface area contributed by atoms with Crippen LogP contribution in [0.3, 0.4) is 0 Å². The smallest absolute Gasteiger partial charge is 0.327 e. The minimum atomic E-state index is -0.948. The summed E-state index contributed by atoms with van der Waals surface area (Å²) >= 11 is 0. The van der Waals surface area contributed by atoms with Gasteiger partial charge in [0.05, 0.1) is 12.1 Å². The number of urea groups is 1. The number of pyridine rings is 1. The molecule has 4 heterocycles. The minimum Gasteiger partial charge on any atom is -0.383 e. The normalized spacial score (nSPS) is 20.8. The van der Waals surface area contributed by atoms with Crippen LogP contribution in [0.5, 0.6) is 0 Å². The fourth-order valence-corrected chi connectivity index (χ4v) is 5.51. The van der Waals surface area contributed by atoms with E-state index in [4.69, 9.17) is 4.74 Å². The molecule has 0 saturated carbocycles. The van der Waals surface area contributed by atoms with E-state index < -0.39 is 29.6 Å². The quantitative estimate of drug-likeness (QED) is 0.510. The molecule has 5 rings (SSSR count). The Morgan fingerprint density at radius 2 is 1.97 bits per heavy atom. The highest BCUT2D eigenvalue weighted by molar-refractivity contribution is 5.88. The van der Waals surface area contributed by atoms with E-state index in [2.05, 4.69) is 15.3 Å². The highest BCUT2D eigenvalue weighted by Gasteiger charge is 2.38. The summed E-state index contributed by atoms with van der Waals surface area (Å²) in [6.45, 7) is 1.54. The Morgan fingerprint density at radius 3 is 2.74 bits per heavy atom. The van der Waals surface area contributed by atoms with Gasteiger partial charge in [0.15, 0.2) is 17.3 Å². The number of aromatic nitrogens is 3. The van der Waals surface area contributed by atoms with E-state index in [0.717, 1.165) is 11.6 Å². The molecule has 2 aromatic heterocycles. The van der Waals surface area contributed by atoms with Gasteiger partial charge in [-0.1, -0.05) is 12.1 Å². The van der Waals surface area contributed by atoms with Crippen LogP contribution in [-0.2, 0) is 9.53 Å². The monoisotopic (exact) mass is 528 g/mol. The highest BCUT2D eigenvalue weighted by Crippen LogP contribution is 2.31. The Balaban J connectivity index is 1.27. The third kappa shape index (κ3) is 5.00. The Labute approximate surface area is 217 Å². The van der Waals surface area contributed by atoms with Crippen LogP contribution in [0, 0.1) is 11.6 Å². The molecule has 2 aliphatic heterocycles. The first kappa shape index (κ1) is 25.8. The van der Waals surface area contributed by atoms with E-state index in [-0.39, 0.29) is 49.3 Å². The first-order valence-corrected chi connectivity index (χ1v) is 12.7. The van der Waals surface area contributed by atoms with Crippen molar-refractivity contribution in [3.63, 3.8) is 0 Å². The number of aromatic amines is 1. The molecule has 2 N–H and O–H groups in total. The number of H-pyrrole nitrogens is 1. The van der Waals surface area contributed by atoms with Crippen molar-refractivity contribution in [2.24, 2.45) is 0 Å². The number of fused-ring (bicyclic) bond motifs is 1. The lowest BCUT2D eigenvalue weighted by Crippen LogP contribution is -2.57. The Hall–Kier alpha value is -3.80. The topological polar surface area (TPSA) is 113 Å². The van der Waals surface area contributed by atoms with E-state index in [9.17, 15) is 23.2 Å². The lowest BCUT2D eigenvalue weighted by molar-refractivity contribution is -0.137. The van der Waals surface area contributed by atoms with E-state index in [0.29, 0.717) is 31.6 Å². The van der Waals surface area contributed by atoms with Gasteiger partial charge in [-0.05, 0) is 43.0 Å². The molecule has 10 nitrogen and oxygen atoms in total. The molecule has 12 heteroatoms. The number of ether oxygens (including phenoxy) is 1. The van der Waals surface area contributed by atoms with E-state index in [1.807, 2.05) is 6.07 Å². The van der Waals surface area contributed by atoms with E-state index in [1.54, 1.807) is 21.7 Å². The maximum Gasteiger partial charge on any atom is 0.327 e. The lowest BCUT2D eigenvalue weighted by atomic mass is 9.87. The molecule has 2 atom stereocenters. The van der Waals surface area contributed by atoms with Gasteiger partial charge < -0.3 is 19.9 Å². The van der Waals surface area contributed by atoms with Crippen LogP contribution in [0.15, 0.2) is 41.3 Å². The number of nitrogens with zero attached hydrogens (tertiary/aromatic N) is 4. The van der Waals surface area contributed by atoms with Gasteiger partial charge in [-0.2, -0.15) is 0 Å². The third-order valence-corrected chi connectivity index (χ3v) is 7.46. The second-order valence-electron chi connectivity index (χ2n) is 9.74. The largest absolute Gasteiger partial charge is 0.383 e. The summed E-state index contributed by atoms with van der Waals surface area (Å²) in [5, 5.41) is 2.82. The molecule has 2 aliphatic rings. The van der Waals surface area contributed by atoms with Crippen molar-refractivity contribution in [3.8, 4) is 0 Å². The number of carbonyl (C=O) groups excluding carboxylic acids is 2. The van der Waals surface area contributed by atoms with Crippen molar-refractivity contribution < 1.29 is 23.1 Å². The van der Waals surface area contributed by atoms with Crippen molar-refractivity contribution in [2.75, 3.05) is 39.9 Å². The second-order valence-corrected chi connectivity index (χ2v) is 9.74. The minimum absolute atomic E-state index is 0.0920. The summed E-state index contributed by atoms with van der Waals surface area (Å²) in [6.07, 6.45) is 2.89. The Morgan fingerprint density at radius 1 is 1.18 bits per heavy atom. The van der Waals surface area contributed by atoms with Crippen molar-refractivity contribution >= 4 is 23.1 Å². The van der Waals surface area contributed by atoms with Crippen LogP contribution in [-0.4, -0.2) is 82.2 Å². The zero-order valence-corrected chi connectivity index (χ0v) is 21.0. The molecule has 0 aliphatic carbocycles. The van der Waals surface area contributed by atoms with Gasteiger partial charge in [-0.25, -0.2) is 23.4 Å². The highest BCUT2D eigenvalue weighted by atomic mass is 19.2. The standard InChI is InChI=1S/C26H30F2N6O4/c1-38-13-12-33-15-16(18-4-2-5-19(27)22(18)28)14-20(24(33)35)30-25(36)32-10-7-17(8-11-32)34-21-6-3-9-29-23(21)31-26(34)37/h2-6,9,16-17,20H,7-8,10-15H2,1H3,(H,30,36)(H,29,31,37)/t16-,20?/m1/s1. The first-order valence-electron chi connectivity index (χ1n) is 12.7. The average molecular weight is 529 g/mol. The molecule has 1 aromatic carbocycles. The number of nitrogens with one attached hydrogen (secondary N) is 2. The Kier molecular flexibility index (Phi) is 7.41. The summed E-state index contributed by atoms with van der Waals surface area (Å²) in [6, 6.07) is 6.23. The van der Waals surface area contributed by atoms with Gasteiger partial charge in [0.25, 0.3) is 0 Å².